The van der Waals surface area contributed by atoms with Crippen molar-refractivity contribution in [1.29, 1.82) is 5.26 Å². The van der Waals surface area contributed by atoms with Gasteiger partial charge in [0.2, 0.25) is 0 Å². The Kier molecular flexibility index (Phi) is 5.27. The number of aryl methyl sites for hydroxylation is 2. The smallest absolute Gasteiger partial charge is 0.326 e. The number of benzene rings is 1. The zero-order chi connectivity index (χ0) is 15.3. The summed E-state index contributed by atoms with van der Waals surface area (Å²) in [5.74, 6) is -2.00. The van der Waals surface area contributed by atoms with Crippen molar-refractivity contribution in [2.45, 2.75) is 33.2 Å². The highest BCUT2D eigenvalue weighted by atomic mass is 16.4. The van der Waals surface area contributed by atoms with Gasteiger partial charge in [0.15, 0.2) is 0 Å². The lowest BCUT2D eigenvalue weighted by Gasteiger charge is -2.16. The number of rotatable bonds is 5. The van der Waals surface area contributed by atoms with Gasteiger partial charge < -0.3 is 10.4 Å². The lowest BCUT2D eigenvalue weighted by Crippen LogP contribution is -2.41. The number of nitrogens with one attached hydrogen (secondary N) is 1. The van der Waals surface area contributed by atoms with E-state index in [2.05, 4.69) is 5.32 Å². The molecule has 2 N–H and O–H groups in total. The van der Waals surface area contributed by atoms with Gasteiger partial charge >= 0.3 is 5.97 Å². The number of amides is 1. The molecule has 0 heterocycles. The van der Waals surface area contributed by atoms with E-state index in [4.69, 9.17) is 10.4 Å². The van der Waals surface area contributed by atoms with Gasteiger partial charge in [0, 0.05) is 11.5 Å². The molecule has 0 saturated heterocycles. The van der Waals surface area contributed by atoms with Gasteiger partial charge in [-0.15, -0.1) is 0 Å². The van der Waals surface area contributed by atoms with Crippen molar-refractivity contribution < 1.29 is 14.7 Å². The number of carboxylic acid groups (broad SMARTS) is 1. The van der Waals surface area contributed by atoms with Gasteiger partial charge in [-0.2, -0.15) is 5.26 Å². The Bertz CT molecular complexity index is 540. The highest BCUT2D eigenvalue weighted by molar-refractivity contribution is 5.96. The van der Waals surface area contributed by atoms with Crippen LogP contribution >= 0.6 is 0 Å². The Balaban J connectivity index is 2.86. The third kappa shape index (κ3) is 4.39. The maximum atomic E-state index is 12.1. The minimum Gasteiger partial charge on any atom is -0.480 e. The van der Waals surface area contributed by atoms with Crippen molar-refractivity contribution in [3.63, 3.8) is 0 Å². The number of nitriles is 1. The zero-order valence-electron chi connectivity index (χ0n) is 11.8. The minimum atomic E-state index is -1.13. The van der Waals surface area contributed by atoms with Crippen molar-refractivity contribution in [3.8, 4) is 6.07 Å². The zero-order valence-corrected chi connectivity index (χ0v) is 11.8. The molecule has 106 valence electrons. The van der Waals surface area contributed by atoms with Gasteiger partial charge in [-0.1, -0.05) is 17.2 Å². The van der Waals surface area contributed by atoms with Crippen LogP contribution in [-0.4, -0.2) is 23.0 Å². The average molecular weight is 274 g/mol. The second kappa shape index (κ2) is 6.71. The topological polar surface area (TPSA) is 90.2 Å². The van der Waals surface area contributed by atoms with E-state index in [1.54, 1.807) is 19.1 Å². The van der Waals surface area contributed by atoms with Crippen LogP contribution in [-0.2, 0) is 4.79 Å². The quantitative estimate of drug-likeness (QED) is 0.859. The summed E-state index contributed by atoms with van der Waals surface area (Å²) < 4.78 is 0. The first-order chi connectivity index (χ1) is 9.33. The summed E-state index contributed by atoms with van der Waals surface area (Å²) in [6.45, 7) is 5.37. The molecule has 5 heteroatoms. The first-order valence-electron chi connectivity index (χ1n) is 6.35. The molecule has 1 amide bonds. The largest absolute Gasteiger partial charge is 0.480 e. The fraction of sp³-hybridized carbons (Fsp3) is 0.400. The van der Waals surface area contributed by atoms with E-state index in [9.17, 15) is 9.59 Å². The second-order valence-corrected chi connectivity index (χ2v) is 5.01. The van der Waals surface area contributed by atoms with Gasteiger partial charge in [-0.3, -0.25) is 4.79 Å². The SMILES string of the molecule is Cc1cc(C)cc(C(=O)N[C@H](C[C@@H](C)C#N)C(=O)O)c1. The van der Waals surface area contributed by atoms with Crippen LogP contribution in [0.15, 0.2) is 18.2 Å². The van der Waals surface area contributed by atoms with Crippen LogP contribution < -0.4 is 5.32 Å². The Morgan fingerprint density at radius 2 is 1.85 bits per heavy atom. The maximum absolute atomic E-state index is 12.1. The lowest BCUT2D eigenvalue weighted by molar-refractivity contribution is -0.139. The Morgan fingerprint density at radius 1 is 1.30 bits per heavy atom. The van der Waals surface area contributed by atoms with Gasteiger partial charge in [-0.05, 0) is 39.3 Å². The molecule has 0 saturated carbocycles. The monoisotopic (exact) mass is 274 g/mol. The first-order valence-corrected chi connectivity index (χ1v) is 6.35. The van der Waals surface area contributed by atoms with Crippen molar-refractivity contribution in [3.05, 3.63) is 34.9 Å². The summed E-state index contributed by atoms with van der Waals surface area (Å²) >= 11 is 0. The molecule has 0 aliphatic heterocycles. The molecule has 0 fully saturated rings. The summed E-state index contributed by atoms with van der Waals surface area (Å²) in [4.78, 5) is 23.2. The van der Waals surface area contributed by atoms with Gasteiger partial charge in [-0.25, -0.2) is 4.79 Å². The Labute approximate surface area is 118 Å². The van der Waals surface area contributed by atoms with Crippen LogP contribution in [0.5, 0.6) is 0 Å². The van der Waals surface area contributed by atoms with Gasteiger partial charge in [0.25, 0.3) is 5.91 Å². The predicted octanol–water partition coefficient (Wildman–Crippen LogP) is 2.04. The molecule has 0 unspecified atom stereocenters. The molecule has 5 nitrogen and oxygen atoms in total. The van der Waals surface area contributed by atoms with Crippen molar-refractivity contribution in [2.75, 3.05) is 0 Å². The fourth-order valence-electron chi connectivity index (χ4n) is 1.98. The summed E-state index contributed by atoms with van der Waals surface area (Å²) in [6.07, 6.45) is 0.0857. The number of carboxylic acids is 1. The second-order valence-electron chi connectivity index (χ2n) is 5.01. The third-order valence-electron chi connectivity index (χ3n) is 2.90. The van der Waals surface area contributed by atoms with E-state index in [0.29, 0.717) is 5.56 Å². The molecule has 0 radical (unpaired) electrons. The lowest BCUT2D eigenvalue weighted by atomic mass is 10.0. The van der Waals surface area contributed by atoms with Gasteiger partial charge in [0.05, 0.1) is 6.07 Å². The summed E-state index contributed by atoms with van der Waals surface area (Å²) in [7, 11) is 0. The summed E-state index contributed by atoms with van der Waals surface area (Å²) in [5.41, 5.74) is 2.30. The van der Waals surface area contributed by atoms with E-state index in [-0.39, 0.29) is 6.42 Å². The average Bonchev–Trinajstić information content (AvgIpc) is 2.36. The normalized spacial score (nSPS) is 13.1. The molecule has 20 heavy (non-hydrogen) atoms. The van der Waals surface area contributed by atoms with Crippen LogP contribution in [0.2, 0.25) is 0 Å². The molecular weight excluding hydrogens is 256 g/mol. The van der Waals surface area contributed by atoms with Crippen molar-refractivity contribution in [2.24, 2.45) is 5.92 Å². The molecule has 0 spiro atoms. The molecule has 0 aromatic heterocycles. The maximum Gasteiger partial charge on any atom is 0.326 e. The van der Waals surface area contributed by atoms with Gasteiger partial charge in [0.1, 0.15) is 6.04 Å². The van der Waals surface area contributed by atoms with E-state index >= 15 is 0 Å². The highest BCUT2D eigenvalue weighted by Crippen LogP contribution is 2.11. The van der Waals surface area contributed by atoms with E-state index < -0.39 is 23.8 Å². The number of aliphatic carboxylic acids is 1. The van der Waals surface area contributed by atoms with Crippen molar-refractivity contribution in [1.82, 2.24) is 5.32 Å². The van der Waals surface area contributed by atoms with Crippen molar-refractivity contribution >= 4 is 11.9 Å². The van der Waals surface area contributed by atoms with Crippen LogP contribution in [0, 0.1) is 31.1 Å². The van der Waals surface area contributed by atoms with Crippen LogP contribution in [0.3, 0.4) is 0 Å². The molecule has 1 aromatic rings. The Morgan fingerprint density at radius 3 is 2.30 bits per heavy atom. The number of hydrogen-bond acceptors (Lipinski definition) is 3. The fourth-order valence-corrected chi connectivity index (χ4v) is 1.98. The number of carbonyl (C=O) groups is 2. The standard InChI is InChI=1S/C15H18N2O3/c1-9-4-10(2)6-12(5-9)14(18)17-13(15(19)20)7-11(3)8-16/h4-6,11,13H,7H2,1-3H3,(H,17,18)(H,19,20)/t11-,13-/m1/s1. The highest BCUT2D eigenvalue weighted by Gasteiger charge is 2.23. The molecule has 0 aliphatic carbocycles. The van der Waals surface area contributed by atoms with E-state index in [0.717, 1.165) is 11.1 Å². The molecule has 0 aliphatic rings. The van der Waals surface area contributed by atoms with E-state index in [1.807, 2.05) is 26.0 Å². The predicted molar refractivity (Wildman–Crippen MR) is 74.2 cm³/mol. The number of carbonyl (C=O) groups excluding carboxylic acids is 1. The Hall–Kier alpha value is -2.35. The summed E-state index contributed by atoms with van der Waals surface area (Å²) in [6, 6.07) is 6.25. The molecule has 2 atom stereocenters. The summed E-state index contributed by atoms with van der Waals surface area (Å²) in [5, 5.41) is 20.3. The first kappa shape index (κ1) is 15.7. The van der Waals surface area contributed by atoms with E-state index in [1.165, 1.54) is 0 Å². The van der Waals surface area contributed by atoms with Crippen LogP contribution in [0.1, 0.15) is 34.8 Å². The number of nitrogens with zero attached hydrogens (tertiary/aromatic N) is 1. The third-order valence-corrected chi connectivity index (χ3v) is 2.90. The molecular formula is C15H18N2O3. The van der Waals surface area contributed by atoms with Crippen LogP contribution in [0.4, 0.5) is 0 Å². The molecule has 1 aromatic carbocycles. The molecule has 1 rings (SSSR count). The van der Waals surface area contributed by atoms with Crippen LogP contribution in [0.25, 0.3) is 0 Å². The molecule has 0 bridgehead atoms. The number of hydrogen-bond donors (Lipinski definition) is 2. The minimum absolute atomic E-state index is 0.0857.